The van der Waals surface area contributed by atoms with Crippen LogP contribution in [0.4, 0.5) is 0 Å². The molecule has 0 aromatic carbocycles. The standard InChI is InChI=1S/C7H10N2O2/c1-3-4-6(7(8)11)9-5(2)10/h1,6H,4H2,2H3,(H2,8,11)(H,9,10)/t6-/m0/s1. The van der Waals surface area contributed by atoms with Gasteiger partial charge in [0, 0.05) is 13.3 Å². The molecular weight excluding hydrogens is 144 g/mol. The zero-order valence-electron chi connectivity index (χ0n) is 6.26. The molecule has 0 unspecified atom stereocenters. The highest BCUT2D eigenvalue weighted by atomic mass is 16.2. The van der Waals surface area contributed by atoms with Gasteiger partial charge in [-0.2, -0.15) is 0 Å². The molecule has 0 spiro atoms. The average Bonchev–Trinajstić information content (AvgIpc) is 1.86. The Morgan fingerprint density at radius 3 is 2.55 bits per heavy atom. The van der Waals surface area contributed by atoms with E-state index in [0.717, 1.165) is 0 Å². The van der Waals surface area contributed by atoms with E-state index in [1.54, 1.807) is 0 Å². The Kier molecular flexibility index (Phi) is 3.75. The molecule has 0 radical (unpaired) electrons. The van der Waals surface area contributed by atoms with Crippen molar-refractivity contribution in [2.75, 3.05) is 0 Å². The van der Waals surface area contributed by atoms with Crippen molar-refractivity contribution in [3.63, 3.8) is 0 Å². The first-order chi connectivity index (χ1) is 5.07. The number of terminal acetylenes is 1. The highest BCUT2D eigenvalue weighted by molar-refractivity contribution is 5.85. The third-order valence-corrected chi connectivity index (χ3v) is 1.04. The number of hydrogen-bond acceptors (Lipinski definition) is 2. The topological polar surface area (TPSA) is 72.2 Å². The number of rotatable bonds is 3. The summed E-state index contributed by atoms with van der Waals surface area (Å²) in [5.41, 5.74) is 4.92. The zero-order valence-corrected chi connectivity index (χ0v) is 6.26. The van der Waals surface area contributed by atoms with Gasteiger partial charge in [0.25, 0.3) is 0 Å². The predicted octanol–water partition coefficient (Wildman–Crippen LogP) is -1.00. The van der Waals surface area contributed by atoms with Crippen molar-refractivity contribution < 1.29 is 9.59 Å². The molecule has 0 aromatic rings. The lowest BCUT2D eigenvalue weighted by Gasteiger charge is -2.09. The van der Waals surface area contributed by atoms with E-state index < -0.39 is 11.9 Å². The van der Waals surface area contributed by atoms with Crippen molar-refractivity contribution >= 4 is 11.8 Å². The van der Waals surface area contributed by atoms with Crippen LogP contribution in [0.3, 0.4) is 0 Å². The number of primary amides is 1. The van der Waals surface area contributed by atoms with Crippen molar-refractivity contribution in [2.45, 2.75) is 19.4 Å². The molecule has 4 heteroatoms. The fraction of sp³-hybridized carbons (Fsp3) is 0.429. The molecule has 0 aliphatic heterocycles. The van der Waals surface area contributed by atoms with E-state index in [1.165, 1.54) is 6.92 Å². The molecular formula is C7H10N2O2. The minimum Gasteiger partial charge on any atom is -0.368 e. The molecule has 3 N–H and O–H groups in total. The second-order valence-electron chi connectivity index (χ2n) is 2.06. The number of hydrogen-bond donors (Lipinski definition) is 2. The number of amides is 2. The van der Waals surface area contributed by atoms with Gasteiger partial charge in [-0.05, 0) is 0 Å². The fourth-order valence-corrected chi connectivity index (χ4v) is 0.586. The van der Waals surface area contributed by atoms with E-state index in [2.05, 4.69) is 11.2 Å². The third kappa shape index (κ3) is 3.98. The first kappa shape index (κ1) is 9.50. The van der Waals surface area contributed by atoms with Crippen LogP contribution in [-0.2, 0) is 9.59 Å². The first-order valence-electron chi connectivity index (χ1n) is 3.07. The number of nitrogens with two attached hydrogens (primary N) is 1. The molecule has 1 atom stereocenters. The SMILES string of the molecule is C#CC[C@H](NC(C)=O)C(N)=O. The highest BCUT2D eigenvalue weighted by Crippen LogP contribution is 1.87. The Bertz CT molecular complexity index is 205. The van der Waals surface area contributed by atoms with Crippen LogP contribution in [0, 0.1) is 12.3 Å². The molecule has 0 rings (SSSR count). The van der Waals surface area contributed by atoms with Gasteiger partial charge < -0.3 is 11.1 Å². The summed E-state index contributed by atoms with van der Waals surface area (Å²) in [6.07, 6.45) is 5.07. The van der Waals surface area contributed by atoms with Gasteiger partial charge in [-0.1, -0.05) is 0 Å². The lowest BCUT2D eigenvalue weighted by atomic mass is 10.2. The molecule has 2 amide bonds. The molecule has 60 valence electrons. The zero-order chi connectivity index (χ0) is 8.85. The Balaban J connectivity index is 4.02. The number of carbonyl (C=O) groups excluding carboxylic acids is 2. The molecule has 0 heterocycles. The third-order valence-electron chi connectivity index (χ3n) is 1.04. The molecule has 0 aromatic heterocycles. The van der Waals surface area contributed by atoms with Crippen molar-refractivity contribution in [3.05, 3.63) is 0 Å². The minimum absolute atomic E-state index is 0.134. The summed E-state index contributed by atoms with van der Waals surface area (Å²) in [5, 5.41) is 2.32. The average molecular weight is 154 g/mol. The van der Waals surface area contributed by atoms with E-state index in [0.29, 0.717) is 0 Å². The summed E-state index contributed by atoms with van der Waals surface area (Å²) < 4.78 is 0. The second kappa shape index (κ2) is 4.34. The maximum atomic E-state index is 10.5. The van der Waals surface area contributed by atoms with Gasteiger partial charge in [0.2, 0.25) is 11.8 Å². The Labute approximate surface area is 65.1 Å². The van der Waals surface area contributed by atoms with E-state index in [1.807, 2.05) is 0 Å². The molecule has 4 nitrogen and oxygen atoms in total. The Morgan fingerprint density at radius 1 is 1.73 bits per heavy atom. The number of nitrogens with one attached hydrogen (secondary N) is 1. The summed E-state index contributed by atoms with van der Waals surface area (Å²) in [6.45, 7) is 1.30. The van der Waals surface area contributed by atoms with Crippen LogP contribution in [0.2, 0.25) is 0 Å². The van der Waals surface area contributed by atoms with Crippen LogP contribution >= 0.6 is 0 Å². The van der Waals surface area contributed by atoms with Crippen molar-refractivity contribution in [2.24, 2.45) is 5.73 Å². The van der Waals surface area contributed by atoms with Crippen LogP contribution in [-0.4, -0.2) is 17.9 Å². The smallest absolute Gasteiger partial charge is 0.240 e. The largest absolute Gasteiger partial charge is 0.368 e. The Hall–Kier alpha value is -1.50. The van der Waals surface area contributed by atoms with Gasteiger partial charge in [-0.25, -0.2) is 0 Å². The Morgan fingerprint density at radius 2 is 2.27 bits per heavy atom. The van der Waals surface area contributed by atoms with Crippen LogP contribution in [0.15, 0.2) is 0 Å². The van der Waals surface area contributed by atoms with Gasteiger partial charge in [0.15, 0.2) is 0 Å². The molecule has 0 saturated carbocycles. The van der Waals surface area contributed by atoms with Crippen LogP contribution in [0.5, 0.6) is 0 Å². The van der Waals surface area contributed by atoms with Gasteiger partial charge in [0.05, 0.1) is 0 Å². The maximum Gasteiger partial charge on any atom is 0.240 e. The van der Waals surface area contributed by atoms with Gasteiger partial charge in [-0.3, -0.25) is 9.59 Å². The van der Waals surface area contributed by atoms with Gasteiger partial charge in [-0.15, -0.1) is 12.3 Å². The summed E-state index contributed by atoms with van der Waals surface area (Å²) in [4.78, 5) is 21.0. The summed E-state index contributed by atoms with van der Waals surface area (Å²) in [7, 11) is 0. The molecule has 0 saturated heterocycles. The van der Waals surface area contributed by atoms with E-state index >= 15 is 0 Å². The molecule has 0 aliphatic rings. The predicted molar refractivity (Wildman–Crippen MR) is 40.2 cm³/mol. The second-order valence-corrected chi connectivity index (χ2v) is 2.06. The molecule has 0 bridgehead atoms. The van der Waals surface area contributed by atoms with Crippen molar-refractivity contribution in [1.82, 2.24) is 5.32 Å². The van der Waals surface area contributed by atoms with E-state index in [4.69, 9.17) is 12.2 Å². The minimum atomic E-state index is -0.738. The maximum absolute atomic E-state index is 10.5. The normalized spacial score (nSPS) is 11.3. The van der Waals surface area contributed by atoms with Gasteiger partial charge >= 0.3 is 0 Å². The fourth-order valence-electron chi connectivity index (χ4n) is 0.586. The van der Waals surface area contributed by atoms with Crippen LogP contribution in [0.1, 0.15) is 13.3 Å². The molecule has 0 aliphatic carbocycles. The van der Waals surface area contributed by atoms with Gasteiger partial charge in [0.1, 0.15) is 6.04 Å². The van der Waals surface area contributed by atoms with Crippen LogP contribution < -0.4 is 11.1 Å². The van der Waals surface area contributed by atoms with E-state index in [-0.39, 0.29) is 12.3 Å². The summed E-state index contributed by atoms with van der Waals surface area (Å²) in [6, 6.07) is -0.738. The van der Waals surface area contributed by atoms with Crippen LogP contribution in [0.25, 0.3) is 0 Å². The summed E-state index contributed by atoms with van der Waals surface area (Å²) >= 11 is 0. The van der Waals surface area contributed by atoms with Crippen molar-refractivity contribution in [1.29, 1.82) is 0 Å². The lowest BCUT2D eigenvalue weighted by molar-refractivity contribution is -0.126. The van der Waals surface area contributed by atoms with E-state index in [9.17, 15) is 9.59 Å². The first-order valence-corrected chi connectivity index (χ1v) is 3.07. The lowest BCUT2D eigenvalue weighted by Crippen LogP contribution is -2.43. The quantitative estimate of drug-likeness (QED) is 0.512. The molecule has 11 heavy (non-hydrogen) atoms. The monoisotopic (exact) mass is 154 g/mol. The highest BCUT2D eigenvalue weighted by Gasteiger charge is 2.13. The van der Waals surface area contributed by atoms with Crippen molar-refractivity contribution in [3.8, 4) is 12.3 Å². The summed E-state index contributed by atoms with van der Waals surface area (Å²) in [5.74, 6) is 1.31. The number of carbonyl (C=O) groups is 2. The molecule has 0 fully saturated rings.